The van der Waals surface area contributed by atoms with Crippen molar-refractivity contribution in [2.45, 2.75) is 77.7 Å². The zero-order chi connectivity index (χ0) is 33.2. The number of hydrogen-bond acceptors (Lipinski definition) is 5. The number of rotatable bonds is 19. The summed E-state index contributed by atoms with van der Waals surface area (Å²) < 4.78 is 97.1. The van der Waals surface area contributed by atoms with Crippen molar-refractivity contribution in [1.82, 2.24) is 5.32 Å². The molecule has 0 fully saturated rings. The van der Waals surface area contributed by atoms with E-state index < -0.39 is 67.5 Å². The highest BCUT2D eigenvalue weighted by molar-refractivity contribution is 7.85. The second kappa shape index (κ2) is 16.3. The molecule has 246 valence electrons. The third-order valence-electron chi connectivity index (χ3n) is 7.28. The molecule has 0 radical (unpaired) electrons. The molecule has 1 unspecified atom stereocenters. The molecule has 8 nitrogen and oxygen atoms in total. The predicted octanol–water partition coefficient (Wildman–Crippen LogP) is 5.78. The zero-order valence-corrected chi connectivity index (χ0v) is 27.6. The number of carbonyl (C=O) groups is 1. The second-order valence-corrected chi connectivity index (χ2v) is 14.8. The molecule has 0 heterocycles. The van der Waals surface area contributed by atoms with E-state index in [-0.39, 0.29) is 38.2 Å². The lowest BCUT2D eigenvalue weighted by atomic mass is 9.74. The van der Waals surface area contributed by atoms with E-state index in [1.165, 1.54) is 13.8 Å². The summed E-state index contributed by atoms with van der Waals surface area (Å²) in [7, 11) is -0.265. The number of ether oxygens (including phenoxy) is 1. The summed E-state index contributed by atoms with van der Waals surface area (Å²) in [6.45, 7) is 14.8. The Bertz CT molecular complexity index is 1220. The molecule has 0 aliphatic heterocycles. The van der Waals surface area contributed by atoms with E-state index in [0.29, 0.717) is 42.6 Å². The molecular formula is C29H46F4N3O5S2+. The summed E-state index contributed by atoms with van der Waals surface area (Å²) in [5.74, 6) is -9.18. The van der Waals surface area contributed by atoms with Crippen LogP contribution in [0.15, 0.2) is 0 Å². The van der Waals surface area contributed by atoms with Gasteiger partial charge in [-0.25, -0.2) is 15.4 Å². The molecule has 1 atom stereocenters. The molecule has 2 N–H and O–H groups in total. The van der Waals surface area contributed by atoms with E-state index in [4.69, 9.17) is 15.9 Å². The van der Waals surface area contributed by atoms with E-state index >= 15 is 17.6 Å². The smallest absolute Gasteiger partial charge is 0.265 e. The van der Waals surface area contributed by atoms with Gasteiger partial charge in [-0.1, -0.05) is 13.8 Å². The van der Waals surface area contributed by atoms with E-state index in [9.17, 15) is 13.2 Å². The number of thiol groups is 1. The van der Waals surface area contributed by atoms with Crippen LogP contribution in [0.25, 0.3) is 4.85 Å². The minimum absolute atomic E-state index is 0.158. The lowest BCUT2D eigenvalue weighted by Gasteiger charge is -2.32. The molecule has 0 bridgehead atoms. The number of nitrogens with one attached hydrogen (secondary N) is 1. The van der Waals surface area contributed by atoms with E-state index in [1.807, 2.05) is 14.1 Å². The molecule has 1 aromatic rings. The Kier molecular flexibility index (Phi) is 14.8. The van der Waals surface area contributed by atoms with Crippen LogP contribution in [0.1, 0.15) is 77.7 Å². The fourth-order valence-corrected chi connectivity index (χ4v) is 5.59. The Hall–Kier alpha value is -2.08. The topological polar surface area (TPSA) is 97.1 Å². The minimum atomic E-state index is -4.04. The summed E-state index contributed by atoms with van der Waals surface area (Å²) in [5, 5.41) is 2.80. The summed E-state index contributed by atoms with van der Waals surface area (Å²) in [5.41, 5.74) is -3.25. The van der Waals surface area contributed by atoms with Gasteiger partial charge in [-0.2, -0.15) is 29.8 Å². The van der Waals surface area contributed by atoms with Crippen molar-refractivity contribution in [3.8, 4) is 5.75 Å². The Morgan fingerprint density at radius 1 is 1.00 bits per heavy atom. The van der Waals surface area contributed by atoms with Gasteiger partial charge in [0.15, 0.2) is 17.4 Å². The molecule has 1 amide bonds. The summed E-state index contributed by atoms with van der Waals surface area (Å²) in [4.78, 5) is 16.7. The van der Waals surface area contributed by atoms with Crippen molar-refractivity contribution in [3.05, 3.63) is 40.2 Å². The van der Waals surface area contributed by atoms with Crippen LogP contribution in [-0.4, -0.2) is 80.7 Å². The number of hydrogen-bond donors (Lipinski definition) is 3. The molecule has 0 spiro atoms. The number of quaternary nitrogens is 1. The molecule has 0 aliphatic carbocycles. The van der Waals surface area contributed by atoms with Crippen LogP contribution in [0.5, 0.6) is 5.75 Å². The molecule has 0 aliphatic rings. The highest BCUT2D eigenvalue weighted by Crippen LogP contribution is 2.43. The largest absolute Gasteiger partial charge is 0.487 e. The van der Waals surface area contributed by atoms with Gasteiger partial charge in [-0.15, -0.1) is 0 Å². The van der Waals surface area contributed by atoms with E-state index in [1.54, 1.807) is 13.8 Å². The predicted molar refractivity (Wildman–Crippen MR) is 162 cm³/mol. The maximum absolute atomic E-state index is 15.4. The lowest BCUT2D eigenvalue weighted by Crippen LogP contribution is -2.44. The fourth-order valence-electron chi connectivity index (χ4n) is 4.87. The van der Waals surface area contributed by atoms with Gasteiger partial charge in [0.1, 0.15) is 0 Å². The average molecular weight is 657 g/mol. The first-order valence-corrected chi connectivity index (χ1v) is 16.5. The molecule has 1 rings (SSSR count). The number of carbonyl (C=O) groups excluding carboxylic acids is 1. The average Bonchev–Trinajstić information content (AvgIpc) is 2.88. The molecule has 43 heavy (non-hydrogen) atoms. The van der Waals surface area contributed by atoms with Crippen LogP contribution >= 0.6 is 12.6 Å². The summed E-state index contributed by atoms with van der Waals surface area (Å²) in [6.07, 6.45) is 1.38. The van der Waals surface area contributed by atoms with Gasteiger partial charge in [0.25, 0.3) is 10.1 Å². The SMILES string of the molecule is [C-]#[N+]C(C)(C)CC(CC(C)(C)C(=O)NCCC[N+](C)(C)CCCS(=O)(=O)O)c1c(F)c(F)c(OCCCCS)c(F)c1F. The van der Waals surface area contributed by atoms with Gasteiger partial charge in [0, 0.05) is 50.6 Å². The van der Waals surface area contributed by atoms with Crippen molar-refractivity contribution >= 4 is 28.7 Å². The van der Waals surface area contributed by atoms with Crippen LogP contribution in [0.2, 0.25) is 0 Å². The number of amides is 1. The van der Waals surface area contributed by atoms with Crippen LogP contribution in [0, 0.1) is 35.3 Å². The number of benzene rings is 1. The van der Waals surface area contributed by atoms with Gasteiger partial charge in [0.2, 0.25) is 23.1 Å². The first kappa shape index (κ1) is 38.9. The standard InChI is InChI=1S/C29H45F4N3O5S2/c1-28(2,27(37)35-12-10-13-36(6,7)14-11-17-43(38,39)40)18-20(19-29(3,4)34-5)21-22(30)24(32)26(25(33)23(21)31)41-15-8-9-16-42/h20H,8-19H2,1-4,6-7H3,(H2-,35,37,38,39,40,42)/p+1. The third-order valence-corrected chi connectivity index (χ3v) is 8.40. The maximum Gasteiger partial charge on any atom is 0.265 e. The molecular weight excluding hydrogens is 610 g/mol. The van der Waals surface area contributed by atoms with Gasteiger partial charge in [-0.05, 0) is 30.9 Å². The Balaban J connectivity index is 3.11. The monoisotopic (exact) mass is 656 g/mol. The summed E-state index contributed by atoms with van der Waals surface area (Å²) in [6, 6.07) is 0. The van der Waals surface area contributed by atoms with Crippen molar-refractivity contribution in [2.75, 3.05) is 51.8 Å². The quantitative estimate of drug-likeness (QED) is 0.0334. The first-order valence-electron chi connectivity index (χ1n) is 14.2. The minimum Gasteiger partial charge on any atom is -0.487 e. The number of nitrogens with zero attached hydrogens (tertiary/aromatic N) is 2. The van der Waals surface area contributed by atoms with Gasteiger partial charge < -0.3 is 19.4 Å². The van der Waals surface area contributed by atoms with Gasteiger partial charge >= 0.3 is 0 Å². The number of halogens is 4. The Morgan fingerprint density at radius 2 is 1.56 bits per heavy atom. The van der Waals surface area contributed by atoms with Gasteiger partial charge in [-0.3, -0.25) is 9.35 Å². The van der Waals surface area contributed by atoms with Crippen molar-refractivity contribution in [2.24, 2.45) is 5.41 Å². The highest BCUT2D eigenvalue weighted by Gasteiger charge is 2.41. The zero-order valence-electron chi connectivity index (χ0n) is 25.9. The molecule has 0 saturated carbocycles. The van der Waals surface area contributed by atoms with Crippen LogP contribution in [-0.2, 0) is 14.9 Å². The normalized spacial score (nSPS) is 13.5. The fraction of sp³-hybridized carbons (Fsp3) is 0.724. The van der Waals surface area contributed by atoms with Gasteiger partial charge in [0.05, 0.1) is 39.5 Å². The van der Waals surface area contributed by atoms with Crippen LogP contribution in [0.4, 0.5) is 17.6 Å². The second-order valence-electron chi connectivity index (χ2n) is 12.8. The Labute approximate surface area is 259 Å². The van der Waals surface area contributed by atoms with Crippen molar-refractivity contribution < 1.29 is 44.5 Å². The highest BCUT2D eigenvalue weighted by atomic mass is 32.2. The molecule has 0 saturated heterocycles. The van der Waals surface area contributed by atoms with Crippen molar-refractivity contribution in [1.29, 1.82) is 0 Å². The van der Waals surface area contributed by atoms with E-state index in [0.717, 1.165) is 0 Å². The van der Waals surface area contributed by atoms with Crippen molar-refractivity contribution in [3.63, 3.8) is 0 Å². The summed E-state index contributed by atoms with van der Waals surface area (Å²) >= 11 is 4.04. The first-order chi connectivity index (χ1) is 19.7. The molecule has 1 aromatic carbocycles. The third kappa shape index (κ3) is 12.8. The van der Waals surface area contributed by atoms with Crippen LogP contribution in [0.3, 0.4) is 0 Å². The Morgan fingerprint density at radius 3 is 2.07 bits per heavy atom. The maximum atomic E-state index is 15.4. The lowest BCUT2D eigenvalue weighted by molar-refractivity contribution is -0.890. The number of unbranched alkanes of at least 4 members (excludes halogenated alkanes) is 1. The van der Waals surface area contributed by atoms with Crippen LogP contribution < -0.4 is 10.1 Å². The van der Waals surface area contributed by atoms with E-state index in [2.05, 4.69) is 22.8 Å². The molecule has 0 aromatic heterocycles. The molecule has 14 heteroatoms.